The quantitative estimate of drug-likeness (QED) is 0.827. The number of anilines is 3. The summed E-state index contributed by atoms with van der Waals surface area (Å²) in [5.74, 6) is 0. The molecule has 0 aromatic heterocycles. The average molecular weight is 341 g/mol. The first-order valence-corrected chi connectivity index (χ1v) is 8.60. The van der Waals surface area contributed by atoms with Gasteiger partial charge in [-0.15, -0.1) is 0 Å². The molecule has 1 aliphatic rings. The third kappa shape index (κ3) is 4.46. The van der Waals surface area contributed by atoms with E-state index >= 15 is 0 Å². The van der Waals surface area contributed by atoms with Gasteiger partial charge in [-0.3, -0.25) is 0 Å². The zero-order valence-corrected chi connectivity index (χ0v) is 15.0. The van der Waals surface area contributed by atoms with Gasteiger partial charge in [0.05, 0.1) is 13.2 Å². The molecule has 2 aromatic carbocycles. The van der Waals surface area contributed by atoms with Crippen molar-refractivity contribution in [2.45, 2.75) is 13.8 Å². The summed E-state index contributed by atoms with van der Waals surface area (Å²) in [6.45, 7) is 7.64. The minimum absolute atomic E-state index is 0.596. The van der Waals surface area contributed by atoms with Crippen LogP contribution in [0.2, 0.25) is 0 Å². The van der Waals surface area contributed by atoms with E-state index in [2.05, 4.69) is 71.8 Å². The van der Waals surface area contributed by atoms with E-state index in [0.29, 0.717) is 5.11 Å². The van der Waals surface area contributed by atoms with Gasteiger partial charge in [0.1, 0.15) is 0 Å². The van der Waals surface area contributed by atoms with Gasteiger partial charge < -0.3 is 20.3 Å². The molecule has 126 valence electrons. The molecule has 2 aromatic rings. The molecule has 1 fully saturated rings. The van der Waals surface area contributed by atoms with Crippen molar-refractivity contribution in [2.24, 2.45) is 0 Å². The molecule has 0 radical (unpaired) electrons. The van der Waals surface area contributed by atoms with Crippen LogP contribution in [0.1, 0.15) is 11.1 Å². The Morgan fingerprint density at radius 2 is 1.50 bits per heavy atom. The lowest BCUT2D eigenvalue weighted by atomic mass is 10.1. The van der Waals surface area contributed by atoms with E-state index in [1.54, 1.807) is 0 Å². The average Bonchev–Trinajstić information content (AvgIpc) is 2.55. The molecule has 0 amide bonds. The molecule has 0 saturated carbocycles. The Kier molecular flexibility index (Phi) is 5.33. The summed E-state index contributed by atoms with van der Waals surface area (Å²) in [5.41, 5.74) is 5.64. The maximum absolute atomic E-state index is 5.41. The fourth-order valence-electron chi connectivity index (χ4n) is 2.92. The molecule has 3 rings (SSSR count). The predicted molar refractivity (Wildman–Crippen MR) is 105 cm³/mol. The SMILES string of the molecule is Cc1cc(C)cc(NC(=S)Nc2ccc(N3CCOCC3)cc2)c1. The van der Waals surface area contributed by atoms with E-state index in [0.717, 1.165) is 37.7 Å². The van der Waals surface area contributed by atoms with Gasteiger partial charge in [-0.1, -0.05) is 6.07 Å². The van der Waals surface area contributed by atoms with Crippen molar-refractivity contribution in [3.63, 3.8) is 0 Å². The van der Waals surface area contributed by atoms with Crippen LogP contribution in [0.5, 0.6) is 0 Å². The first-order chi connectivity index (χ1) is 11.6. The first-order valence-electron chi connectivity index (χ1n) is 8.19. The van der Waals surface area contributed by atoms with Crippen LogP contribution in [-0.2, 0) is 4.74 Å². The summed E-state index contributed by atoms with van der Waals surface area (Å²) >= 11 is 5.41. The zero-order chi connectivity index (χ0) is 16.9. The van der Waals surface area contributed by atoms with Crippen LogP contribution >= 0.6 is 12.2 Å². The summed E-state index contributed by atoms with van der Waals surface area (Å²) < 4.78 is 5.39. The van der Waals surface area contributed by atoms with Crippen LogP contribution in [0.4, 0.5) is 17.1 Å². The second-order valence-corrected chi connectivity index (χ2v) is 6.51. The van der Waals surface area contributed by atoms with Crippen molar-refractivity contribution in [3.05, 3.63) is 53.6 Å². The number of hydrogen-bond donors (Lipinski definition) is 2. The molecule has 0 spiro atoms. The topological polar surface area (TPSA) is 36.5 Å². The number of nitrogens with zero attached hydrogens (tertiary/aromatic N) is 1. The Balaban J connectivity index is 1.59. The van der Waals surface area contributed by atoms with Gasteiger partial charge in [0, 0.05) is 30.2 Å². The van der Waals surface area contributed by atoms with Crippen LogP contribution < -0.4 is 15.5 Å². The van der Waals surface area contributed by atoms with Crippen molar-refractivity contribution < 1.29 is 4.74 Å². The van der Waals surface area contributed by atoms with Crippen LogP contribution in [0.3, 0.4) is 0 Å². The standard InChI is InChI=1S/C19H23N3OS/c1-14-11-15(2)13-17(12-14)21-19(24)20-16-3-5-18(6-4-16)22-7-9-23-10-8-22/h3-6,11-13H,7-10H2,1-2H3,(H2,20,21,24). The highest BCUT2D eigenvalue weighted by Crippen LogP contribution is 2.19. The zero-order valence-electron chi connectivity index (χ0n) is 14.1. The van der Waals surface area contributed by atoms with Gasteiger partial charge in [0.2, 0.25) is 0 Å². The largest absolute Gasteiger partial charge is 0.378 e. The smallest absolute Gasteiger partial charge is 0.175 e. The number of ether oxygens (including phenoxy) is 1. The highest BCUT2D eigenvalue weighted by Gasteiger charge is 2.10. The van der Waals surface area contributed by atoms with Crippen molar-refractivity contribution in [2.75, 3.05) is 41.8 Å². The van der Waals surface area contributed by atoms with E-state index in [4.69, 9.17) is 17.0 Å². The molecule has 1 aliphatic heterocycles. The van der Waals surface area contributed by atoms with Crippen LogP contribution in [0.15, 0.2) is 42.5 Å². The molecule has 4 nitrogen and oxygen atoms in total. The maximum Gasteiger partial charge on any atom is 0.175 e. The summed E-state index contributed by atoms with van der Waals surface area (Å²) in [6.07, 6.45) is 0. The molecule has 24 heavy (non-hydrogen) atoms. The lowest BCUT2D eigenvalue weighted by Gasteiger charge is -2.29. The number of morpholine rings is 1. The molecule has 1 saturated heterocycles. The molecule has 2 N–H and O–H groups in total. The molecular formula is C19H23N3OS. The highest BCUT2D eigenvalue weighted by atomic mass is 32.1. The van der Waals surface area contributed by atoms with E-state index in [-0.39, 0.29) is 0 Å². The number of nitrogens with one attached hydrogen (secondary N) is 2. The highest BCUT2D eigenvalue weighted by molar-refractivity contribution is 7.80. The molecule has 0 bridgehead atoms. The minimum atomic E-state index is 0.596. The van der Waals surface area contributed by atoms with Crippen LogP contribution in [0, 0.1) is 13.8 Å². The van der Waals surface area contributed by atoms with Gasteiger partial charge in [0.25, 0.3) is 0 Å². The van der Waals surface area contributed by atoms with Crippen molar-refractivity contribution >= 4 is 34.4 Å². The number of rotatable bonds is 3. The summed E-state index contributed by atoms with van der Waals surface area (Å²) in [7, 11) is 0. The van der Waals surface area contributed by atoms with Gasteiger partial charge >= 0.3 is 0 Å². The monoisotopic (exact) mass is 341 g/mol. The number of benzene rings is 2. The molecule has 0 aliphatic carbocycles. The Labute approximate surface area is 148 Å². The van der Waals surface area contributed by atoms with E-state index < -0.39 is 0 Å². The van der Waals surface area contributed by atoms with Crippen LogP contribution in [-0.4, -0.2) is 31.4 Å². The Morgan fingerprint density at radius 3 is 2.12 bits per heavy atom. The third-order valence-corrected chi connectivity index (χ3v) is 4.19. The molecule has 0 atom stereocenters. The van der Waals surface area contributed by atoms with E-state index in [1.165, 1.54) is 16.8 Å². The van der Waals surface area contributed by atoms with Gasteiger partial charge in [-0.05, 0) is 73.6 Å². The summed E-state index contributed by atoms with van der Waals surface area (Å²) in [4.78, 5) is 2.33. The lowest BCUT2D eigenvalue weighted by Crippen LogP contribution is -2.36. The normalized spacial score (nSPS) is 14.3. The van der Waals surface area contributed by atoms with E-state index in [1.807, 2.05) is 0 Å². The minimum Gasteiger partial charge on any atom is -0.378 e. The Hall–Kier alpha value is -2.11. The molecular weight excluding hydrogens is 318 g/mol. The van der Waals surface area contributed by atoms with Crippen molar-refractivity contribution in [1.82, 2.24) is 0 Å². The number of thiocarbonyl (C=S) groups is 1. The Morgan fingerprint density at radius 1 is 0.917 bits per heavy atom. The second-order valence-electron chi connectivity index (χ2n) is 6.10. The van der Waals surface area contributed by atoms with Crippen molar-refractivity contribution in [1.29, 1.82) is 0 Å². The first kappa shape index (κ1) is 16.7. The molecule has 5 heteroatoms. The molecule has 0 unspecified atom stereocenters. The van der Waals surface area contributed by atoms with Crippen LogP contribution in [0.25, 0.3) is 0 Å². The number of hydrogen-bond acceptors (Lipinski definition) is 3. The predicted octanol–water partition coefficient (Wildman–Crippen LogP) is 3.95. The fraction of sp³-hybridized carbons (Fsp3) is 0.316. The maximum atomic E-state index is 5.41. The van der Waals surface area contributed by atoms with Gasteiger partial charge in [-0.2, -0.15) is 0 Å². The number of aryl methyl sites for hydroxylation is 2. The van der Waals surface area contributed by atoms with E-state index in [9.17, 15) is 0 Å². The Bertz CT molecular complexity index is 689. The van der Waals surface area contributed by atoms with Gasteiger partial charge in [-0.25, -0.2) is 0 Å². The molecule has 1 heterocycles. The third-order valence-electron chi connectivity index (χ3n) is 3.98. The second kappa shape index (κ2) is 7.64. The fourth-order valence-corrected chi connectivity index (χ4v) is 3.15. The summed E-state index contributed by atoms with van der Waals surface area (Å²) in [6, 6.07) is 14.7. The summed E-state index contributed by atoms with van der Waals surface area (Å²) in [5, 5.41) is 7.08. The van der Waals surface area contributed by atoms with Crippen molar-refractivity contribution in [3.8, 4) is 0 Å². The van der Waals surface area contributed by atoms with Gasteiger partial charge in [0.15, 0.2) is 5.11 Å². The lowest BCUT2D eigenvalue weighted by molar-refractivity contribution is 0.122.